The van der Waals surface area contributed by atoms with Gasteiger partial charge in [-0.25, -0.2) is 13.6 Å². The molecule has 1 aliphatic carbocycles. The van der Waals surface area contributed by atoms with Gasteiger partial charge in [0.2, 0.25) is 0 Å². The van der Waals surface area contributed by atoms with E-state index in [0.29, 0.717) is 0 Å². The zero-order valence-electron chi connectivity index (χ0n) is 18.7. The summed E-state index contributed by atoms with van der Waals surface area (Å²) < 4.78 is 51.5. The van der Waals surface area contributed by atoms with Gasteiger partial charge in [0, 0.05) is 26.0 Å². The van der Waals surface area contributed by atoms with Crippen molar-refractivity contribution < 1.29 is 52.0 Å². The van der Waals surface area contributed by atoms with E-state index in [9.17, 15) is 24.3 Å². The number of fused-ring (bicyclic) bond motifs is 6. The normalized spacial score (nSPS) is 18.6. The van der Waals surface area contributed by atoms with Gasteiger partial charge < -0.3 is 24.1 Å². The molecule has 0 bridgehead atoms. The van der Waals surface area contributed by atoms with Gasteiger partial charge in [0.1, 0.15) is 11.5 Å². The summed E-state index contributed by atoms with van der Waals surface area (Å²) in [5.41, 5.74) is -2.11. The number of carbonyl (C=O) groups is 4. The molecule has 1 atom stereocenters. The molecule has 5 rings (SSSR count). The Bertz CT molecular complexity index is 1380. The molecular weight excluding hydrogens is 482 g/mol. The average molecular weight is 498 g/mol. The number of benzene rings is 2. The summed E-state index contributed by atoms with van der Waals surface area (Å²) in [5, 5.41) is 9.55. The SMILES string of the molecule is CC(=O)Oc1cc2c(cc1F)C1(OC(=O)C3CC=C(C(=O)O)C=C31)c1cc(F)c(OC(C)=O)cc1O2. The molecule has 1 saturated heterocycles. The third-order valence-electron chi connectivity index (χ3n) is 6.01. The van der Waals surface area contributed by atoms with Crippen LogP contribution < -0.4 is 14.2 Å². The molecule has 2 aromatic rings. The van der Waals surface area contributed by atoms with Crippen LogP contribution in [-0.4, -0.2) is 29.0 Å². The van der Waals surface area contributed by atoms with Crippen LogP contribution in [0.4, 0.5) is 8.78 Å². The lowest BCUT2D eigenvalue weighted by molar-refractivity contribution is -0.148. The predicted molar refractivity (Wildman–Crippen MR) is 114 cm³/mol. The van der Waals surface area contributed by atoms with Crippen molar-refractivity contribution in [1.29, 1.82) is 0 Å². The Balaban J connectivity index is 1.82. The minimum absolute atomic E-state index is 0.0123. The van der Waals surface area contributed by atoms with Crippen LogP contribution in [0.25, 0.3) is 0 Å². The maximum atomic E-state index is 15.0. The molecule has 36 heavy (non-hydrogen) atoms. The maximum absolute atomic E-state index is 15.0. The van der Waals surface area contributed by atoms with Crippen molar-refractivity contribution in [3.63, 3.8) is 0 Å². The van der Waals surface area contributed by atoms with Gasteiger partial charge in [-0.15, -0.1) is 0 Å². The number of rotatable bonds is 3. The van der Waals surface area contributed by atoms with Crippen molar-refractivity contribution in [2.24, 2.45) is 5.92 Å². The number of aliphatic carboxylic acids is 1. The van der Waals surface area contributed by atoms with Crippen molar-refractivity contribution in [1.82, 2.24) is 0 Å². The molecule has 0 radical (unpaired) electrons. The standard InChI is InChI=1S/C25H16F2O9/c1-10(28)33-21-8-19-15(6-17(21)26)25(14-5-12(23(30)31)3-4-13(14)24(32)36-25)16-7-18(27)22(34-11(2)29)9-20(16)35-19/h3,5-9,13H,4H2,1-2H3,(H,30,31). The zero-order chi connectivity index (χ0) is 25.9. The van der Waals surface area contributed by atoms with Gasteiger partial charge >= 0.3 is 23.9 Å². The predicted octanol–water partition coefficient (Wildman–Crippen LogP) is 3.68. The third-order valence-corrected chi connectivity index (χ3v) is 6.01. The Morgan fingerprint density at radius 2 is 1.50 bits per heavy atom. The van der Waals surface area contributed by atoms with Crippen molar-refractivity contribution in [3.05, 3.63) is 70.3 Å². The third kappa shape index (κ3) is 3.43. The van der Waals surface area contributed by atoms with Crippen LogP contribution in [-0.2, 0) is 29.5 Å². The second kappa shape index (κ2) is 8.01. The van der Waals surface area contributed by atoms with Crippen molar-refractivity contribution in [3.8, 4) is 23.0 Å². The number of halogens is 2. The summed E-state index contributed by atoms with van der Waals surface area (Å²) in [6, 6.07) is 3.96. The van der Waals surface area contributed by atoms with E-state index in [-0.39, 0.29) is 40.2 Å². The molecule has 2 aliphatic heterocycles. The molecule has 2 aromatic carbocycles. The summed E-state index contributed by atoms with van der Waals surface area (Å²) in [6.45, 7) is 2.14. The van der Waals surface area contributed by atoms with Crippen LogP contribution in [0, 0.1) is 17.6 Å². The number of carboxylic acid groups (broad SMARTS) is 1. The van der Waals surface area contributed by atoms with E-state index in [4.69, 9.17) is 18.9 Å². The molecule has 3 aliphatic rings. The molecule has 184 valence electrons. The second-order valence-corrected chi connectivity index (χ2v) is 8.30. The van der Waals surface area contributed by atoms with Gasteiger partial charge in [-0.05, 0) is 30.2 Å². The molecule has 1 unspecified atom stereocenters. The summed E-state index contributed by atoms with van der Waals surface area (Å²) in [6.07, 6.45) is 2.57. The van der Waals surface area contributed by atoms with Crippen molar-refractivity contribution >= 4 is 23.9 Å². The first-order valence-electron chi connectivity index (χ1n) is 10.6. The highest BCUT2D eigenvalue weighted by molar-refractivity contribution is 5.94. The molecule has 0 amide bonds. The number of hydrogen-bond acceptors (Lipinski definition) is 8. The quantitative estimate of drug-likeness (QED) is 0.498. The van der Waals surface area contributed by atoms with Gasteiger partial charge in [0.25, 0.3) is 0 Å². The fraction of sp³-hybridized carbons (Fsp3) is 0.200. The van der Waals surface area contributed by atoms with Gasteiger partial charge in [-0.1, -0.05) is 6.08 Å². The molecule has 1 N–H and O–H groups in total. The van der Waals surface area contributed by atoms with E-state index in [0.717, 1.165) is 38.1 Å². The Morgan fingerprint density at radius 3 is 1.97 bits per heavy atom. The molecule has 9 nitrogen and oxygen atoms in total. The molecule has 1 fully saturated rings. The number of carbonyl (C=O) groups excluding carboxylic acids is 3. The summed E-state index contributed by atoms with van der Waals surface area (Å²) in [5.74, 6) is -7.74. The smallest absolute Gasteiger partial charge is 0.335 e. The Labute approximate surface area is 201 Å². The van der Waals surface area contributed by atoms with Crippen LogP contribution in [0.1, 0.15) is 31.4 Å². The van der Waals surface area contributed by atoms with Crippen LogP contribution >= 0.6 is 0 Å². The lowest BCUT2D eigenvalue weighted by atomic mass is 9.72. The summed E-state index contributed by atoms with van der Waals surface area (Å²) in [7, 11) is 0. The lowest BCUT2D eigenvalue weighted by Crippen LogP contribution is -2.34. The van der Waals surface area contributed by atoms with E-state index in [1.54, 1.807) is 0 Å². The second-order valence-electron chi connectivity index (χ2n) is 8.30. The minimum atomic E-state index is -1.97. The van der Waals surface area contributed by atoms with E-state index in [2.05, 4.69) is 0 Å². The zero-order valence-corrected chi connectivity index (χ0v) is 18.7. The van der Waals surface area contributed by atoms with E-state index >= 15 is 8.78 Å². The molecule has 0 saturated carbocycles. The van der Waals surface area contributed by atoms with Gasteiger partial charge in [0.15, 0.2) is 28.7 Å². The fourth-order valence-electron chi connectivity index (χ4n) is 4.64. The Hall–Kier alpha value is -4.54. The van der Waals surface area contributed by atoms with E-state index < -0.39 is 58.5 Å². The van der Waals surface area contributed by atoms with E-state index in [1.807, 2.05) is 0 Å². The Morgan fingerprint density at radius 1 is 0.972 bits per heavy atom. The van der Waals surface area contributed by atoms with Crippen LogP contribution in [0.15, 0.2) is 47.6 Å². The van der Waals surface area contributed by atoms with Gasteiger partial charge in [0.05, 0.1) is 22.6 Å². The Kier molecular flexibility index (Phi) is 5.16. The monoisotopic (exact) mass is 498 g/mol. The maximum Gasteiger partial charge on any atom is 0.335 e. The average Bonchev–Trinajstić information content (AvgIpc) is 3.08. The fourth-order valence-corrected chi connectivity index (χ4v) is 4.64. The largest absolute Gasteiger partial charge is 0.478 e. The number of ether oxygens (including phenoxy) is 4. The van der Waals surface area contributed by atoms with Gasteiger partial charge in [-0.2, -0.15) is 0 Å². The number of allylic oxidation sites excluding steroid dienone is 1. The van der Waals surface area contributed by atoms with Crippen molar-refractivity contribution in [2.45, 2.75) is 25.9 Å². The number of carboxylic acids is 1. The first-order valence-corrected chi connectivity index (χ1v) is 10.6. The van der Waals surface area contributed by atoms with Crippen molar-refractivity contribution in [2.75, 3.05) is 0 Å². The van der Waals surface area contributed by atoms with Crippen LogP contribution in [0.2, 0.25) is 0 Å². The van der Waals surface area contributed by atoms with Crippen LogP contribution in [0.3, 0.4) is 0 Å². The highest BCUT2D eigenvalue weighted by atomic mass is 19.1. The summed E-state index contributed by atoms with van der Waals surface area (Å²) in [4.78, 5) is 47.5. The highest BCUT2D eigenvalue weighted by Gasteiger charge is 2.58. The molecule has 11 heteroatoms. The highest BCUT2D eigenvalue weighted by Crippen LogP contribution is 2.60. The minimum Gasteiger partial charge on any atom is -0.478 e. The molecule has 1 spiro atoms. The topological polar surface area (TPSA) is 125 Å². The summed E-state index contributed by atoms with van der Waals surface area (Å²) >= 11 is 0. The van der Waals surface area contributed by atoms with Crippen LogP contribution in [0.5, 0.6) is 23.0 Å². The first-order chi connectivity index (χ1) is 17.0. The van der Waals surface area contributed by atoms with Gasteiger partial charge in [-0.3, -0.25) is 14.4 Å². The number of esters is 3. The molecule has 0 aromatic heterocycles. The molecule has 2 heterocycles. The van der Waals surface area contributed by atoms with E-state index in [1.165, 1.54) is 12.2 Å². The lowest BCUT2D eigenvalue weighted by Gasteiger charge is -2.37. The molecular formula is C25H16F2O9. The first kappa shape index (κ1) is 23.2. The number of hydrogen-bond donors (Lipinski definition) is 1.